The summed E-state index contributed by atoms with van der Waals surface area (Å²) in [6, 6.07) is 13.8. The number of halogens is 1. The fourth-order valence-corrected chi connectivity index (χ4v) is 4.00. The largest absolute Gasteiger partial charge is 0.507 e. The van der Waals surface area contributed by atoms with Gasteiger partial charge in [0.15, 0.2) is 0 Å². The van der Waals surface area contributed by atoms with Crippen LogP contribution in [0.3, 0.4) is 0 Å². The van der Waals surface area contributed by atoms with E-state index in [1.807, 2.05) is 6.92 Å². The maximum Gasteiger partial charge on any atom is 0.300 e. The highest BCUT2D eigenvalue weighted by Crippen LogP contribution is 2.44. The standard InChI is InChI=1S/C25H22ClNO6/c1-3-31-17-10-11-18(20(14-17)32-4-2)23(28)21-22(19-9-6-12-33-19)27(25(30)24(21)29)16-8-5-7-15(26)13-16/h5-14,22,28H,3-4H2,1-2H3/b23-21-. The summed E-state index contributed by atoms with van der Waals surface area (Å²) >= 11 is 6.13. The third kappa shape index (κ3) is 4.19. The number of carbonyl (C=O) groups is 2. The minimum Gasteiger partial charge on any atom is -0.507 e. The van der Waals surface area contributed by atoms with Crippen molar-refractivity contribution in [1.82, 2.24) is 0 Å². The van der Waals surface area contributed by atoms with Gasteiger partial charge in [0.1, 0.15) is 29.1 Å². The Morgan fingerprint density at radius 1 is 1.06 bits per heavy atom. The number of carbonyl (C=O) groups excluding carboxylic acids is 2. The zero-order chi connectivity index (χ0) is 23.5. The number of benzene rings is 2. The Kier molecular flexibility index (Phi) is 6.42. The molecular formula is C25H22ClNO6. The van der Waals surface area contributed by atoms with Crippen molar-refractivity contribution in [2.24, 2.45) is 0 Å². The molecule has 1 aliphatic rings. The number of nitrogens with zero attached hydrogens (tertiary/aromatic N) is 1. The minimum atomic E-state index is -0.987. The average Bonchev–Trinajstić information content (AvgIpc) is 3.41. The van der Waals surface area contributed by atoms with E-state index in [1.54, 1.807) is 61.5 Å². The molecule has 0 aliphatic carbocycles. The van der Waals surface area contributed by atoms with Gasteiger partial charge in [-0.1, -0.05) is 17.7 Å². The van der Waals surface area contributed by atoms with Crippen molar-refractivity contribution in [2.45, 2.75) is 19.9 Å². The molecule has 2 heterocycles. The molecule has 8 heteroatoms. The van der Waals surface area contributed by atoms with E-state index < -0.39 is 17.7 Å². The van der Waals surface area contributed by atoms with Crippen LogP contribution in [0.2, 0.25) is 5.02 Å². The normalized spacial score (nSPS) is 17.4. The van der Waals surface area contributed by atoms with Crippen LogP contribution in [0.4, 0.5) is 5.69 Å². The second kappa shape index (κ2) is 9.42. The van der Waals surface area contributed by atoms with Gasteiger partial charge in [-0.25, -0.2) is 0 Å². The Morgan fingerprint density at radius 2 is 1.85 bits per heavy atom. The Bertz CT molecular complexity index is 1220. The Hall–Kier alpha value is -3.71. The second-order valence-corrected chi connectivity index (χ2v) is 7.62. The van der Waals surface area contributed by atoms with E-state index >= 15 is 0 Å². The number of hydrogen-bond donors (Lipinski definition) is 1. The lowest BCUT2D eigenvalue weighted by Crippen LogP contribution is -2.29. The molecule has 1 saturated heterocycles. The summed E-state index contributed by atoms with van der Waals surface area (Å²) in [7, 11) is 0. The molecular weight excluding hydrogens is 446 g/mol. The zero-order valence-corrected chi connectivity index (χ0v) is 18.8. The predicted octanol–water partition coefficient (Wildman–Crippen LogP) is 5.36. The molecule has 0 radical (unpaired) electrons. The van der Waals surface area contributed by atoms with Crippen LogP contribution in [-0.2, 0) is 9.59 Å². The first-order valence-electron chi connectivity index (χ1n) is 10.5. The van der Waals surface area contributed by atoms with Gasteiger partial charge < -0.3 is 19.0 Å². The van der Waals surface area contributed by atoms with Gasteiger partial charge in [0.05, 0.1) is 30.6 Å². The van der Waals surface area contributed by atoms with E-state index in [1.165, 1.54) is 11.2 Å². The average molecular weight is 468 g/mol. The SMILES string of the molecule is CCOc1ccc(/C(O)=C2/C(=O)C(=O)N(c3cccc(Cl)c3)C2c2ccco2)c(OCC)c1. The van der Waals surface area contributed by atoms with Crippen LogP contribution in [0.5, 0.6) is 11.5 Å². The Labute approximate surface area is 195 Å². The highest BCUT2D eigenvalue weighted by atomic mass is 35.5. The molecule has 0 bridgehead atoms. The number of ketones is 1. The van der Waals surface area contributed by atoms with Crippen molar-refractivity contribution in [2.75, 3.05) is 18.1 Å². The van der Waals surface area contributed by atoms with Crippen molar-refractivity contribution < 1.29 is 28.6 Å². The molecule has 3 aromatic rings. The maximum absolute atomic E-state index is 13.2. The van der Waals surface area contributed by atoms with Crippen molar-refractivity contribution in [1.29, 1.82) is 0 Å². The van der Waals surface area contributed by atoms with E-state index in [9.17, 15) is 14.7 Å². The molecule has 33 heavy (non-hydrogen) atoms. The fourth-order valence-electron chi connectivity index (χ4n) is 3.82. The lowest BCUT2D eigenvalue weighted by atomic mass is 9.98. The van der Waals surface area contributed by atoms with E-state index in [0.29, 0.717) is 41.2 Å². The molecule has 7 nitrogen and oxygen atoms in total. The van der Waals surface area contributed by atoms with E-state index in [4.69, 9.17) is 25.5 Å². The number of furan rings is 1. The summed E-state index contributed by atoms with van der Waals surface area (Å²) in [5.41, 5.74) is 0.558. The number of rotatable bonds is 7. The summed E-state index contributed by atoms with van der Waals surface area (Å²) < 4.78 is 16.8. The van der Waals surface area contributed by atoms with Crippen molar-refractivity contribution >= 4 is 34.7 Å². The van der Waals surface area contributed by atoms with Crippen molar-refractivity contribution in [3.8, 4) is 11.5 Å². The lowest BCUT2D eigenvalue weighted by molar-refractivity contribution is -0.132. The van der Waals surface area contributed by atoms with Gasteiger partial charge >= 0.3 is 0 Å². The van der Waals surface area contributed by atoms with Crippen LogP contribution < -0.4 is 14.4 Å². The highest BCUT2D eigenvalue weighted by molar-refractivity contribution is 6.51. The number of ether oxygens (including phenoxy) is 2. The molecule has 1 fully saturated rings. The highest BCUT2D eigenvalue weighted by Gasteiger charge is 2.48. The Morgan fingerprint density at radius 3 is 2.52 bits per heavy atom. The second-order valence-electron chi connectivity index (χ2n) is 7.19. The molecule has 170 valence electrons. The van der Waals surface area contributed by atoms with Crippen LogP contribution >= 0.6 is 11.6 Å². The molecule has 1 aliphatic heterocycles. The zero-order valence-electron chi connectivity index (χ0n) is 18.1. The van der Waals surface area contributed by atoms with Crippen molar-refractivity contribution in [3.05, 3.63) is 82.8 Å². The monoisotopic (exact) mass is 467 g/mol. The Balaban J connectivity index is 1.91. The molecule has 1 unspecified atom stereocenters. The number of amides is 1. The van der Waals surface area contributed by atoms with E-state index in [2.05, 4.69) is 0 Å². The first-order valence-corrected chi connectivity index (χ1v) is 10.8. The van der Waals surface area contributed by atoms with Gasteiger partial charge in [0.25, 0.3) is 11.7 Å². The van der Waals surface area contributed by atoms with Crippen LogP contribution in [0.15, 0.2) is 70.9 Å². The van der Waals surface area contributed by atoms with Crippen molar-refractivity contribution in [3.63, 3.8) is 0 Å². The molecule has 0 spiro atoms. The van der Waals surface area contributed by atoms with Gasteiger partial charge in [-0.2, -0.15) is 0 Å². The van der Waals surface area contributed by atoms with Gasteiger partial charge in [-0.05, 0) is 56.3 Å². The molecule has 1 amide bonds. The quantitative estimate of drug-likeness (QED) is 0.286. The van der Waals surface area contributed by atoms with E-state index in [-0.39, 0.29) is 16.9 Å². The van der Waals surface area contributed by atoms with Gasteiger partial charge in [-0.15, -0.1) is 0 Å². The smallest absolute Gasteiger partial charge is 0.300 e. The number of aliphatic hydroxyl groups is 1. The number of Topliss-reactive ketones (excluding diaryl/α,β-unsaturated/α-hetero) is 1. The van der Waals surface area contributed by atoms with Gasteiger partial charge in [0, 0.05) is 16.8 Å². The predicted molar refractivity (Wildman–Crippen MR) is 124 cm³/mol. The van der Waals surface area contributed by atoms with E-state index in [0.717, 1.165) is 0 Å². The molecule has 2 aromatic carbocycles. The number of anilines is 1. The summed E-state index contributed by atoms with van der Waals surface area (Å²) in [6.07, 6.45) is 1.44. The third-order valence-electron chi connectivity index (χ3n) is 5.16. The molecule has 1 atom stereocenters. The minimum absolute atomic E-state index is 0.111. The van der Waals surface area contributed by atoms with Crippen LogP contribution in [0, 0.1) is 0 Å². The molecule has 1 N–H and O–H groups in total. The summed E-state index contributed by atoms with van der Waals surface area (Å²) in [4.78, 5) is 27.6. The molecule has 1 aromatic heterocycles. The number of hydrogen-bond acceptors (Lipinski definition) is 6. The first-order chi connectivity index (χ1) is 16.0. The molecule has 0 saturated carbocycles. The fraction of sp³-hybridized carbons (Fsp3) is 0.200. The van der Waals surface area contributed by atoms with Crippen LogP contribution in [-0.4, -0.2) is 30.0 Å². The first kappa shape index (κ1) is 22.5. The molecule has 4 rings (SSSR count). The van der Waals surface area contributed by atoms with Crippen LogP contribution in [0.25, 0.3) is 5.76 Å². The topological polar surface area (TPSA) is 89.2 Å². The third-order valence-corrected chi connectivity index (χ3v) is 5.40. The summed E-state index contributed by atoms with van der Waals surface area (Å²) in [5.74, 6) is -0.813. The van der Waals surface area contributed by atoms with Gasteiger partial charge in [-0.3, -0.25) is 14.5 Å². The summed E-state index contributed by atoms with van der Waals surface area (Å²) in [5, 5.41) is 11.7. The maximum atomic E-state index is 13.2. The lowest BCUT2D eigenvalue weighted by Gasteiger charge is -2.23. The van der Waals surface area contributed by atoms with Gasteiger partial charge in [0.2, 0.25) is 0 Å². The summed E-state index contributed by atoms with van der Waals surface area (Å²) in [6.45, 7) is 4.45. The van der Waals surface area contributed by atoms with Crippen LogP contribution in [0.1, 0.15) is 31.2 Å². The number of aliphatic hydroxyl groups excluding tert-OH is 1.